The molecule has 1 aromatic rings. The van der Waals surface area contributed by atoms with E-state index in [0.717, 1.165) is 16.7 Å². The number of allylic oxidation sites excluding steroid dienone is 5. The number of cyclic esters (lactones) is 2. The Morgan fingerprint density at radius 2 is 1.74 bits per heavy atom. The molecule has 0 radical (unpaired) electrons. The van der Waals surface area contributed by atoms with Gasteiger partial charge in [-0.2, -0.15) is 0 Å². The summed E-state index contributed by atoms with van der Waals surface area (Å²) < 4.78 is 4.94. The molecule has 1 saturated heterocycles. The quantitative estimate of drug-likeness (QED) is 0.483. The summed E-state index contributed by atoms with van der Waals surface area (Å²) >= 11 is 0. The zero-order valence-corrected chi connectivity index (χ0v) is 13.4. The van der Waals surface area contributed by atoms with Gasteiger partial charge in [-0.3, -0.25) is 9.59 Å². The van der Waals surface area contributed by atoms with Crippen LogP contribution in [0, 0.1) is 11.8 Å². The monoisotopic (exact) mass is 308 g/mol. The van der Waals surface area contributed by atoms with Crippen molar-refractivity contribution in [2.24, 2.45) is 11.8 Å². The number of hydrogen-bond acceptors (Lipinski definition) is 3. The first-order valence-electron chi connectivity index (χ1n) is 7.85. The molecular weight excluding hydrogens is 288 g/mol. The maximum absolute atomic E-state index is 12.2. The number of benzene rings is 1. The highest BCUT2D eigenvalue weighted by Gasteiger charge is 2.54. The van der Waals surface area contributed by atoms with Crippen molar-refractivity contribution >= 4 is 11.9 Å². The maximum atomic E-state index is 12.2. The SMILES string of the molecule is C=C(C)/C=C\C=C/C1c2ccccc2C(C)C2C(=O)OC(=O)C12. The number of esters is 2. The Balaban J connectivity index is 2.04. The van der Waals surface area contributed by atoms with E-state index in [0.29, 0.717) is 0 Å². The summed E-state index contributed by atoms with van der Waals surface area (Å²) in [7, 11) is 0. The van der Waals surface area contributed by atoms with Crippen LogP contribution in [0.25, 0.3) is 0 Å². The third kappa shape index (κ3) is 2.67. The normalized spacial score (nSPS) is 29.7. The highest BCUT2D eigenvalue weighted by Crippen LogP contribution is 2.50. The lowest BCUT2D eigenvalue weighted by Crippen LogP contribution is -2.33. The van der Waals surface area contributed by atoms with E-state index in [4.69, 9.17) is 4.74 Å². The van der Waals surface area contributed by atoms with Crippen LogP contribution in [0.3, 0.4) is 0 Å². The molecule has 2 aliphatic rings. The Morgan fingerprint density at radius 3 is 2.43 bits per heavy atom. The van der Waals surface area contributed by atoms with Crippen LogP contribution in [-0.4, -0.2) is 11.9 Å². The van der Waals surface area contributed by atoms with E-state index in [1.54, 1.807) is 0 Å². The van der Waals surface area contributed by atoms with Crippen molar-refractivity contribution in [3.63, 3.8) is 0 Å². The molecule has 1 aromatic carbocycles. The number of rotatable bonds is 3. The van der Waals surface area contributed by atoms with Crippen molar-refractivity contribution < 1.29 is 14.3 Å². The summed E-state index contributed by atoms with van der Waals surface area (Å²) in [5.41, 5.74) is 3.19. The second-order valence-electron chi connectivity index (χ2n) is 6.33. The minimum atomic E-state index is -0.429. The van der Waals surface area contributed by atoms with E-state index in [1.165, 1.54) is 0 Å². The van der Waals surface area contributed by atoms with Gasteiger partial charge in [-0.1, -0.05) is 67.6 Å². The summed E-state index contributed by atoms with van der Waals surface area (Å²) in [4.78, 5) is 24.3. The average molecular weight is 308 g/mol. The first-order chi connectivity index (χ1) is 11.0. The van der Waals surface area contributed by atoms with Crippen LogP contribution in [0.5, 0.6) is 0 Å². The van der Waals surface area contributed by atoms with Gasteiger partial charge in [-0.05, 0) is 24.0 Å². The van der Waals surface area contributed by atoms with Gasteiger partial charge in [0, 0.05) is 5.92 Å². The van der Waals surface area contributed by atoms with Crippen LogP contribution in [-0.2, 0) is 14.3 Å². The molecule has 3 heteroatoms. The Morgan fingerprint density at radius 1 is 1.09 bits per heavy atom. The molecule has 4 unspecified atom stereocenters. The molecule has 0 amide bonds. The van der Waals surface area contributed by atoms with E-state index in [-0.39, 0.29) is 11.8 Å². The lowest BCUT2D eigenvalue weighted by atomic mass is 9.65. The second-order valence-corrected chi connectivity index (χ2v) is 6.33. The first kappa shape index (κ1) is 15.5. The molecule has 0 bridgehead atoms. The fourth-order valence-corrected chi connectivity index (χ4v) is 3.66. The van der Waals surface area contributed by atoms with Crippen molar-refractivity contribution in [3.05, 3.63) is 71.8 Å². The lowest BCUT2D eigenvalue weighted by Gasteiger charge is -2.34. The molecule has 1 aliphatic carbocycles. The molecular formula is C20H20O3. The topological polar surface area (TPSA) is 43.4 Å². The van der Waals surface area contributed by atoms with Crippen LogP contribution in [0.2, 0.25) is 0 Å². The zero-order chi connectivity index (χ0) is 16.6. The summed E-state index contributed by atoms with van der Waals surface area (Å²) in [6.07, 6.45) is 7.71. The van der Waals surface area contributed by atoms with Gasteiger partial charge in [0.1, 0.15) is 0 Å². The highest BCUT2D eigenvalue weighted by molar-refractivity contribution is 5.98. The predicted octanol–water partition coefficient (Wildman–Crippen LogP) is 3.89. The fraction of sp³-hybridized carbons (Fsp3) is 0.300. The van der Waals surface area contributed by atoms with Crippen LogP contribution < -0.4 is 0 Å². The van der Waals surface area contributed by atoms with Gasteiger partial charge >= 0.3 is 11.9 Å². The second kappa shape index (κ2) is 5.99. The fourth-order valence-electron chi connectivity index (χ4n) is 3.66. The number of carbonyl (C=O) groups excluding carboxylic acids is 2. The van der Waals surface area contributed by atoms with E-state index in [1.807, 2.05) is 62.4 Å². The molecule has 1 aliphatic heterocycles. The molecule has 1 fully saturated rings. The Hall–Kier alpha value is -2.42. The van der Waals surface area contributed by atoms with Crippen molar-refractivity contribution in [2.45, 2.75) is 25.7 Å². The van der Waals surface area contributed by atoms with Crippen molar-refractivity contribution in [2.75, 3.05) is 0 Å². The molecule has 23 heavy (non-hydrogen) atoms. The number of hydrogen-bond donors (Lipinski definition) is 0. The number of ether oxygens (including phenoxy) is 1. The Labute approximate surface area is 136 Å². The van der Waals surface area contributed by atoms with E-state index in [9.17, 15) is 9.59 Å². The molecule has 4 atom stereocenters. The molecule has 0 spiro atoms. The van der Waals surface area contributed by atoms with Crippen LogP contribution in [0.4, 0.5) is 0 Å². The van der Waals surface area contributed by atoms with Crippen LogP contribution >= 0.6 is 0 Å². The van der Waals surface area contributed by atoms with E-state index in [2.05, 4.69) is 6.58 Å². The molecule has 118 valence electrons. The minimum Gasteiger partial charge on any atom is -0.393 e. The maximum Gasteiger partial charge on any atom is 0.318 e. The molecule has 0 saturated carbocycles. The average Bonchev–Trinajstić information content (AvgIpc) is 2.81. The van der Waals surface area contributed by atoms with Crippen LogP contribution in [0.15, 0.2) is 60.7 Å². The molecule has 0 aromatic heterocycles. The van der Waals surface area contributed by atoms with Crippen molar-refractivity contribution in [3.8, 4) is 0 Å². The molecule has 1 heterocycles. The smallest absolute Gasteiger partial charge is 0.318 e. The van der Waals surface area contributed by atoms with Gasteiger partial charge in [-0.15, -0.1) is 0 Å². The van der Waals surface area contributed by atoms with Gasteiger partial charge in [0.25, 0.3) is 0 Å². The van der Waals surface area contributed by atoms with Gasteiger partial charge in [0.05, 0.1) is 11.8 Å². The third-order valence-corrected chi connectivity index (χ3v) is 4.71. The van der Waals surface area contributed by atoms with E-state index < -0.39 is 23.8 Å². The first-order valence-corrected chi connectivity index (χ1v) is 7.85. The predicted molar refractivity (Wildman–Crippen MR) is 88.8 cm³/mol. The Kier molecular flexibility index (Phi) is 4.03. The van der Waals surface area contributed by atoms with Gasteiger partial charge in [0.15, 0.2) is 0 Å². The van der Waals surface area contributed by atoms with Gasteiger partial charge in [0.2, 0.25) is 0 Å². The summed E-state index contributed by atoms with van der Waals surface area (Å²) in [5.74, 6) is -1.76. The summed E-state index contributed by atoms with van der Waals surface area (Å²) in [6.45, 7) is 7.74. The minimum absolute atomic E-state index is 0.00855. The van der Waals surface area contributed by atoms with Gasteiger partial charge in [-0.25, -0.2) is 0 Å². The molecule has 3 nitrogen and oxygen atoms in total. The summed E-state index contributed by atoms with van der Waals surface area (Å²) in [6, 6.07) is 8.02. The summed E-state index contributed by atoms with van der Waals surface area (Å²) in [5, 5.41) is 0. The lowest BCUT2D eigenvalue weighted by molar-refractivity contribution is -0.153. The van der Waals surface area contributed by atoms with E-state index >= 15 is 0 Å². The molecule has 0 N–H and O–H groups in total. The Bertz CT molecular complexity index is 726. The van der Waals surface area contributed by atoms with Gasteiger partial charge < -0.3 is 4.74 Å². The van der Waals surface area contributed by atoms with Crippen molar-refractivity contribution in [1.29, 1.82) is 0 Å². The standard InChI is InChI=1S/C20H20O3/c1-12(2)8-4-5-11-16-15-10-7-6-9-14(15)13(3)17-18(16)20(22)23-19(17)21/h4-11,13,16-18H,1H2,2-3H3/b8-4-,11-5-. The zero-order valence-electron chi connectivity index (χ0n) is 13.4. The van der Waals surface area contributed by atoms with Crippen molar-refractivity contribution in [1.82, 2.24) is 0 Å². The third-order valence-electron chi connectivity index (χ3n) is 4.71. The largest absolute Gasteiger partial charge is 0.393 e. The van der Waals surface area contributed by atoms with Crippen LogP contribution in [0.1, 0.15) is 36.8 Å². The number of carbonyl (C=O) groups is 2. The highest BCUT2D eigenvalue weighted by atomic mass is 16.6. The number of fused-ring (bicyclic) bond motifs is 2. The molecule has 3 rings (SSSR count).